The molecule has 1 aromatic heterocycles. The van der Waals surface area contributed by atoms with Crippen LogP contribution in [0.15, 0.2) is 41.6 Å². The summed E-state index contributed by atoms with van der Waals surface area (Å²) in [6, 6.07) is 8.53. The van der Waals surface area contributed by atoms with Crippen molar-refractivity contribution >= 4 is 17.7 Å². The number of nitrogens with one attached hydrogen (secondary N) is 1. The van der Waals surface area contributed by atoms with Gasteiger partial charge in [0.25, 0.3) is 0 Å². The maximum atomic E-state index is 12.5. The first-order valence-corrected chi connectivity index (χ1v) is 8.22. The molecule has 2 aliphatic heterocycles. The number of aryl methyl sites for hydroxylation is 1. The Bertz CT molecular complexity index is 657. The number of amides is 1. The Morgan fingerprint density at radius 1 is 1.38 bits per heavy atom. The van der Waals surface area contributed by atoms with E-state index < -0.39 is 0 Å². The lowest BCUT2D eigenvalue weighted by atomic mass is 10.1. The average molecular weight is 299 g/mol. The third kappa shape index (κ3) is 2.46. The van der Waals surface area contributed by atoms with Crippen LogP contribution in [0.5, 0.6) is 0 Å². The summed E-state index contributed by atoms with van der Waals surface area (Å²) in [5.41, 5.74) is 1.29. The van der Waals surface area contributed by atoms with Gasteiger partial charge in [-0.05, 0) is 24.5 Å². The second-order valence-corrected chi connectivity index (χ2v) is 6.90. The van der Waals surface area contributed by atoms with Crippen LogP contribution in [0, 0.1) is 0 Å². The van der Waals surface area contributed by atoms with Crippen molar-refractivity contribution in [2.24, 2.45) is 0 Å². The summed E-state index contributed by atoms with van der Waals surface area (Å²) < 4.78 is 2.14. The van der Waals surface area contributed by atoms with Gasteiger partial charge in [-0.25, -0.2) is 4.98 Å². The van der Waals surface area contributed by atoms with Crippen molar-refractivity contribution in [1.29, 1.82) is 0 Å². The van der Waals surface area contributed by atoms with Crippen molar-refractivity contribution in [2.75, 3.05) is 0 Å². The van der Waals surface area contributed by atoms with Gasteiger partial charge in [0.05, 0.1) is 5.25 Å². The fourth-order valence-electron chi connectivity index (χ4n) is 3.11. The number of fused-ring (bicyclic) bond motifs is 2. The summed E-state index contributed by atoms with van der Waals surface area (Å²) in [5, 5.41) is 3.24. The molecule has 0 fully saturated rings. The van der Waals surface area contributed by atoms with Crippen LogP contribution in [-0.4, -0.2) is 26.8 Å². The standard InChI is InChI=1S/C16H17N3OS/c20-16(14-9-11-3-1-2-4-13(11)21-14)18-12-5-6-15-17-7-8-19(15)10-12/h1-4,7-8,12,14H,5-6,9-10H2,(H,18,20)/t12-,14-/m1/s1. The molecule has 2 atom stereocenters. The van der Waals surface area contributed by atoms with Gasteiger partial charge in [-0.15, -0.1) is 11.8 Å². The van der Waals surface area contributed by atoms with E-state index in [4.69, 9.17) is 0 Å². The van der Waals surface area contributed by atoms with Crippen molar-refractivity contribution in [3.63, 3.8) is 0 Å². The highest BCUT2D eigenvalue weighted by Gasteiger charge is 2.30. The number of thioether (sulfide) groups is 1. The number of benzene rings is 1. The first kappa shape index (κ1) is 13.0. The van der Waals surface area contributed by atoms with Gasteiger partial charge in [-0.3, -0.25) is 4.79 Å². The van der Waals surface area contributed by atoms with Crippen LogP contribution in [0.3, 0.4) is 0 Å². The average Bonchev–Trinajstić information content (AvgIpc) is 3.13. The number of rotatable bonds is 2. The Morgan fingerprint density at radius 3 is 3.19 bits per heavy atom. The Hall–Kier alpha value is -1.75. The minimum Gasteiger partial charge on any atom is -0.351 e. The fraction of sp³-hybridized carbons (Fsp3) is 0.375. The van der Waals surface area contributed by atoms with Crippen LogP contribution in [0.4, 0.5) is 0 Å². The van der Waals surface area contributed by atoms with Gasteiger partial charge in [-0.1, -0.05) is 18.2 Å². The maximum Gasteiger partial charge on any atom is 0.234 e. The van der Waals surface area contributed by atoms with E-state index in [9.17, 15) is 4.79 Å². The Labute approximate surface area is 128 Å². The third-order valence-electron chi connectivity index (χ3n) is 4.22. The molecule has 1 N–H and O–H groups in total. The highest BCUT2D eigenvalue weighted by Crippen LogP contribution is 2.36. The Balaban J connectivity index is 1.40. The number of imidazole rings is 1. The molecule has 1 aromatic carbocycles. The van der Waals surface area contributed by atoms with E-state index in [0.29, 0.717) is 0 Å². The van der Waals surface area contributed by atoms with Crippen molar-refractivity contribution in [3.8, 4) is 0 Å². The summed E-state index contributed by atoms with van der Waals surface area (Å²) in [6.45, 7) is 0.839. The van der Waals surface area contributed by atoms with Gasteiger partial charge < -0.3 is 9.88 Å². The highest BCUT2D eigenvalue weighted by atomic mass is 32.2. The van der Waals surface area contributed by atoms with Crippen molar-refractivity contribution in [3.05, 3.63) is 48.0 Å². The molecule has 21 heavy (non-hydrogen) atoms. The van der Waals surface area contributed by atoms with Crippen LogP contribution in [0.1, 0.15) is 17.8 Å². The Morgan fingerprint density at radius 2 is 2.29 bits per heavy atom. The Kier molecular flexibility index (Phi) is 3.22. The summed E-state index contributed by atoms with van der Waals surface area (Å²) in [5.74, 6) is 1.30. The SMILES string of the molecule is O=C(N[C@@H]1CCc2nccn2C1)[C@H]1Cc2ccccc2S1. The molecule has 0 radical (unpaired) electrons. The molecule has 0 spiro atoms. The lowest BCUT2D eigenvalue weighted by Crippen LogP contribution is -2.44. The highest BCUT2D eigenvalue weighted by molar-refractivity contribution is 8.01. The maximum absolute atomic E-state index is 12.5. The minimum atomic E-state index is 0.0200. The minimum absolute atomic E-state index is 0.0200. The first-order chi connectivity index (χ1) is 10.3. The lowest BCUT2D eigenvalue weighted by molar-refractivity contribution is -0.121. The number of hydrogen-bond acceptors (Lipinski definition) is 3. The van der Waals surface area contributed by atoms with Crippen LogP contribution >= 0.6 is 11.8 Å². The summed E-state index contributed by atoms with van der Waals surface area (Å²) in [6.07, 6.45) is 6.59. The number of nitrogens with zero attached hydrogens (tertiary/aromatic N) is 2. The fourth-order valence-corrected chi connectivity index (χ4v) is 4.31. The predicted molar refractivity (Wildman–Crippen MR) is 82.3 cm³/mol. The number of carbonyl (C=O) groups is 1. The number of hydrogen-bond donors (Lipinski definition) is 1. The van der Waals surface area contributed by atoms with Gasteiger partial charge in [0.1, 0.15) is 5.82 Å². The van der Waals surface area contributed by atoms with Gasteiger partial charge in [0, 0.05) is 36.3 Å². The molecule has 0 unspecified atom stereocenters. The molecule has 3 heterocycles. The third-order valence-corrected chi connectivity index (χ3v) is 5.54. The zero-order chi connectivity index (χ0) is 14.2. The second kappa shape index (κ2) is 5.22. The van der Waals surface area contributed by atoms with Crippen molar-refractivity contribution in [2.45, 2.75) is 42.0 Å². The zero-order valence-electron chi connectivity index (χ0n) is 11.7. The van der Waals surface area contributed by atoms with E-state index in [1.54, 1.807) is 11.8 Å². The normalized spacial score (nSPS) is 23.4. The molecule has 1 amide bonds. The largest absolute Gasteiger partial charge is 0.351 e. The summed E-state index contributed by atoms with van der Waals surface area (Å²) in [4.78, 5) is 18.0. The smallest absolute Gasteiger partial charge is 0.234 e. The quantitative estimate of drug-likeness (QED) is 0.923. The van der Waals surface area contributed by atoms with E-state index in [2.05, 4.69) is 27.0 Å². The molecule has 4 nitrogen and oxygen atoms in total. The molecule has 2 aromatic rings. The molecule has 5 heteroatoms. The monoisotopic (exact) mass is 299 g/mol. The predicted octanol–water partition coefficient (Wildman–Crippen LogP) is 2.03. The molecule has 0 bridgehead atoms. The lowest BCUT2D eigenvalue weighted by Gasteiger charge is -2.25. The molecule has 0 saturated carbocycles. The van der Waals surface area contributed by atoms with E-state index in [0.717, 1.165) is 31.6 Å². The van der Waals surface area contributed by atoms with E-state index in [1.165, 1.54) is 10.5 Å². The molecule has 2 aliphatic rings. The molecule has 108 valence electrons. The topological polar surface area (TPSA) is 46.9 Å². The molecular formula is C16H17N3OS. The van der Waals surface area contributed by atoms with Crippen LogP contribution in [-0.2, 0) is 24.2 Å². The van der Waals surface area contributed by atoms with Crippen molar-refractivity contribution < 1.29 is 4.79 Å². The number of carbonyl (C=O) groups excluding carboxylic acids is 1. The van der Waals surface area contributed by atoms with E-state index >= 15 is 0 Å². The first-order valence-electron chi connectivity index (χ1n) is 7.34. The van der Waals surface area contributed by atoms with Gasteiger partial charge >= 0.3 is 0 Å². The second-order valence-electron chi connectivity index (χ2n) is 5.66. The molecule has 0 saturated heterocycles. The molecule has 0 aliphatic carbocycles. The van der Waals surface area contributed by atoms with Crippen molar-refractivity contribution in [1.82, 2.24) is 14.9 Å². The van der Waals surface area contributed by atoms with E-state index in [-0.39, 0.29) is 17.2 Å². The van der Waals surface area contributed by atoms with Gasteiger partial charge in [0.2, 0.25) is 5.91 Å². The summed E-state index contributed by atoms with van der Waals surface area (Å²) >= 11 is 1.69. The molecule has 4 rings (SSSR count). The van der Waals surface area contributed by atoms with Gasteiger partial charge in [0.15, 0.2) is 0 Å². The molecular weight excluding hydrogens is 282 g/mol. The zero-order valence-corrected chi connectivity index (χ0v) is 12.5. The van der Waals surface area contributed by atoms with Crippen LogP contribution < -0.4 is 5.32 Å². The van der Waals surface area contributed by atoms with Crippen LogP contribution in [0.2, 0.25) is 0 Å². The van der Waals surface area contributed by atoms with Crippen LogP contribution in [0.25, 0.3) is 0 Å². The van der Waals surface area contributed by atoms with Gasteiger partial charge in [-0.2, -0.15) is 0 Å². The number of aromatic nitrogens is 2. The summed E-state index contributed by atoms with van der Waals surface area (Å²) in [7, 11) is 0. The van der Waals surface area contributed by atoms with E-state index in [1.807, 2.05) is 24.5 Å².